The summed E-state index contributed by atoms with van der Waals surface area (Å²) in [4.78, 5) is 27.6. The van der Waals surface area contributed by atoms with Crippen molar-refractivity contribution >= 4 is 11.7 Å². The molecule has 1 N–H and O–H groups in total. The first-order valence-corrected chi connectivity index (χ1v) is 8.58. The standard InChI is InChI=1S/C19H25N5O/c1-12-13(2)21-18(14-7-6-8-20-10-14)23-17(12)22-15-9-16(25)24(11-15)19(3,4)5/h6-8,10,15H,9,11H2,1-5H3,(H,21,22,23). The lowest BCUT2D eigenvalue weighted by atomic mass is 10.1. The average molecular weight is 339 g/mol. The van der Waals surface area contributed by atoms with Gasteiger partial charge in [0.1, 0.15) is 5.82 Å². The molecule has 0 aliphatic carbocycles. The molecule has 0 saturated carbocycles. The molecule has 0 radical (unpaired) electrons. The van der Waals surface area contributed by atoms with Crippen LogP contribution in [0.4, 0.5) is 5.82 Å². The van der Waals surface area contributed by atoms with Crippen LogP contribution in [-0.4, -0.2) is 43.9 Å². The van der Waals surface area contributed by atoms with Gasteiger partial charge in [-0.15, -0.1) is 0 Å². The molecule has 3 rings (SSSR count). The third kappa shape index (κ3) is 3.62. The molecule has 1 unspecified atom stereocenters. The lowest BCUT2D eigenvalue weighted by Crippen LogP contribution is -2.43. The van der Waals surface area contributed by atoms with Crippen molar-refractivity contribution in [3.63, 3.8) is 0 Å². The Balaban J connectivity index is 1.86. The van der Waals surface area contributed by atoms with Crippen LogP contribution >= 0.6 is 0 Å². The van der Waals surface area contributed by atoms with Gasteiger partial charge in [-0.3, -0.25) is 9.78 Å². The highest BCUT2D eigenvalue weighted by Crippen LogP contribution is 2.26. The van der Waals surface area contributed by atoms with Crippen LogP contribution < -0.4 is 5.32 Å². The van der Waals surface area contributed by atoms with Crippen LogP contribution in [0.5, 0.6) is 0 Å². The van der Waals surface area contributed by atoms with Gasteiger partial charge >= 0.3 is 0 Å². The van der Waals surface area contributed by atoms with Crippen molar-refractivity contribution in [1.82, 2.24) is 19.9 Å². The van der Waals surface area contributed by atoms with E-state index in [1.165, 1.54) is 0 Å². The molecular weight excluding hydrogens is 314 g/mol. The minimum absolute atomic E-state index is 0.0569. The fraction of sp³-hybridized carbons (Fsp3) is 0.474. The van der Waals surface area contributed by atoms with E-state index >= 15 is 0 Å². The summed E-state index contributed by atoms with van der Waals surface area (Å²) >= 11 is 0. The van der Waals surface area contributed by atoms with Gasteiger partial charge in [-0.1, -0.05) is 0 Å². The Kier molecular flexibility index (Phi) is 4.45. The number of amides is 1. The highest BCUT2D eigenvalue weighted by atomic mass is 16.2. The Morgan fingerprint density at radius 3 is 2.60 bits per heavy atom. The summed E-state index contributed by atoms with van der Waals surface area (Å²) in [6, 6.07) is 3.88. The molecular formula is C19H25N5O. The van der Waals surface area contributed by atoms with Gasteiger partial charge in [0.15, 0.2) is 5.82 Å². The summed E-state index contributed by atoms with van der Waals surface area (Å²) in [5, 5.41) is 3.46. The van der Waals surface area contributed by atoms with Crippen molar-refractivity contribution < 1.29 is 4.79 Å². The van der Waals surface area contributed by atoms with Crippen LogP contribution in [0.25, 0.3) is 11.4 Å². The van der Waals surface area contributed by atoms with E-state index in [4.69, 9.17) is 0 Å². The molecule has 1 saturated heterocycles. The number of likely N-dealkylation sites (tertiary alicyclic amines) is 1. The van der Waals surface area contributed by atoms with Gasteiger partial charge in [0.2, 0.25) is 5.91 Å². The maximum absolute atomic E-state index is 12.3. The third-order valence-electron chi connectivity index (χ3n) is 4.58. The van der Waals surface area contributed by atoms with Crippen LogP contribution in [-0.2, 0) is 4.79 Å². The lowest BCUT2D eigenvalue weighted by Gasteiger charge is -2.32. The Morgan fingerprint density at radius 1 is 1.24 bits per heavy atom. The minimum atomic E-state index is -0.162. The first-order chi connectivity index (χ1) is 11.8. The summed E-state index contributed by atoms with van der Waals surface area (Å²) in [5.41, 5.74) is 2.65. The maximum Gasteiger partial charge on any atom is 0.225 e. The molecule has 6 heteroatoms. The number of rotatable bonds is 3. The average Bonchev–Trinajstić information content (AvgIpc) is 2.93. The van der Waals surface area contributed by atoms with Crippen molar-refractivity contribution in [3.05, 3.63) is 35.8 Å². The SMILES string of the molecule is Cc1nc(-c2cccnc2)nc(NC2CC(=O)N(C(C)(C)C)C2)c1C. The summed E-state index contributed by atoms with van der Waals surface area (Å²) < 4.78 is 0. The zero-order valence-electron chi connectivity index (χ0n) is 15.5. The number of nitrogens with one attached hydrogen (secondary N) is 1. The van der Waals surface area contributed by atoms with Gasteiger partial charge < -0.3 is 10.2 Å². The smallest absolute Gasteiger partial charge is 0.225 e. The normalized spacial score (nSPS) is 17.9. The number of hydrogen-bond acceptors (Lipinski definition) is 5. The monoisotopic (exact) mass is 339 g/mol. The number of aromatic nitrogens is 3. The van der Waals surface area contributed by atoms with Crippen molar-refractivity contribution in [1.29, 1.82) is 0 Å². The largest absolute Gasteiger partial charge is 0.365 e. The molecule has 25 heavy (non-hydrogen) atoms. The van der Waals surface area contributed by atoms with Gasteiger partial charge in [-0.2, -0.15) is 0 Å². The topological polar surface area (TPSA) is 71.0 Å². The number of hydrogen-bond donors (Lipinski definition) is 1. The summed E-state index contributed by atoms with van der Waals surface area (Å²) in [6.07, 6.45) is 3.98. The molecule has 0 aromatic carbocycles. The van der Waals surface area contributed by atoms with Gasteiger partial charge in [0, 0.05) is 47.7 Å². The highest BCUT2D eigenvalue weighted by molar-refractivity contribution is 5.80. The molecule has 1 amide bonds. The fourth-order valence-corrected chi connectivity index (χ4v) is 3.04. The van der Waals surface area contributed by atoms with Crippen LogP contribution in [0, 0.1) is 13.8 Å². The minimum Gasteiger partial charge on any atom is -0.365 e. The molecule has 1 aliphatic heterocycles. The van der Waals surface area contributed by atoms with E-state index < -0.39 is 0 Å². The molecule has 132 valence electrons. The van der Waals surface area contributed by atoms with Crippen molar-refractivity contribution in [2.45, 2.75) is 52.6 Å². The van der Waals surface area contributed by atoms with Crippen molar-refractivity contribution in [3.8, 4) is 11.4 Å². The Bertz CT molecular complexity index is 782. The van der Waals surface area contributed by atoms with Gasteiger partial charge in [0.05, 0.1) is 6.04 Å². The molecule has 3 heterocycles. The highest BCUT2D eigenvalue weighted by Gasteiger charge is 2.36. The summed E-state index contributed by atoms with van der Waals surface area (Å²) in [6.45, 7) is 10.9. The van der Waals surface area contributed by atoms with Crippen molar-refractivity contribution in [2.24, 2.45) is 0 Å². The number of carbonyl (C=O) groups excluding carboxylic acids is 1. The van der Waals surface area contributed by atoms with Gasteiger partial charge in [-0.25, -0.2) is 9.97 Å². The number of carbonyl (C=O) groups is 1. The molecule has 2 aromatic heterocycles. The second-order valence-corrected chi connectivity index (χ2v) is 7.57. The second kappa shape index (κ2) is 6.43. The maximum atomic E-state index is 12.3. The lowest BCUT2D eigenvalue weighted by molar-refractivity contribution is -0.131. The quantitative estimate of drug-likeness (QED) is 0.931. The van der Waals surface area contributed by atoms with E-state index in [9.17, 15) is 4.79 Å². The van der Waals surface area contributed by atoms with E-state index in [-0.39, 0.29) is 17.5 Å². The number of nitrogens with zero attached hydrogens (tertiary/aromatic N) is 4. The van der Waals surface area contributed by atoms with E-state index in [0.29, 0.717) is 18.8 Å². The second-order valence-electron chi connectivity index (χ2n) is 7.57. The zero-order valence-corrected chi connectivity index (χ0v) is 15.5. The molecule has 1 fully saturated rings. The Morgan fingerprint density at radius 2 is 2.00 bits per heavy atom. The molecule has 6 nitrogen and oxygen atoms in total. The first-order valence-electron chi connectivity index (χ1n) is 8.58. The van der Waals surface area contributed by atoms with Gasteiger partial charge in [-0.05, 0) is 46.8 Å². The van der Waals surface area contributed by atoms with E-state index in [2.05, 4.69) is 41.0 Å². The molecule has 0 bridgehead atoms. The van der Waals surface area contributed by atoms with Crippen molar-refractivity contribution in [2.75, 3.05) is 11.9 Å². The van der Waals surface area contributed by atoms with Crippen LogP contribution in [0.1, 0.15) is 38.4 Å². The number of pyridine rings is 1. The molecule has 1 atom stereocenters. The fourth-order valence-electron chi connectivity index (χ4n) is 3.04. The summed E-state index contributed by atoms with van der Waals surface area (Å²) in [5.74, 6) is 1.62. The van der Waals surface area contributed by atoms with E-state index in [1.54, 1.807) is 12.4 Å². The van der Waals surface area contributed by atoms with E-state index in [1.807, 2.05) is 30.9 Å². The number of anilines is 1. The van der Waals surface area contributed by atoms with Crippen LogP contribution in [0.3, 0.4) is 0 Å². The van der Waals surface area contributed by atoms with Crippen LogP contribution in [0.15, 0.2) is 24.5 Å². The molecule has 2 aromatic rings. The molecule has 0 spiro atoms. The van der Waals surface area contributed by atoms with Crippen LogP contribution in [0.2, 0.25) is 0 Å². The predicted octanol–water partition coefficient (Wildman–Crippen LogP) is 2.97. The van der Waals surface area contributed by atoms with E-state index in [0.717, 1.165) is 22.6 Å². The Hall–Kier alpha value is -2.50. The van der Waals surface area contributed by atoms with Gasteiger partial charge in [0.25, 0.3) is 0 Å². The number of aryl methyl sites for hydroxylation is 1. The molecule has 1 aliphatic rings. The Labute approximate surface area is 148 Å². The predicted molar refractivity (Wildman–Crippen MR) is 98.2 cm³/mol. The summed E-state index contributed by atoms with van der Waals surface area (Å²) in [7, 11) is 0. The zero-order chi connectivity index (χ0) is 18.2. The first kappa shape index (κ1) is 17.3. The third-order valence-corrected chi connectivity index (χ3v) is 4.58.